The van der Waals surface area contributed by atoms with E-state index in [2.05, 4.69) is 9.97 Å². The minimum atomic E-state index is -0.910. The van der Waals surface area contributed by atoms with E-state index >= 15 is 0 Å². The molecule has 1 atom stereocenters. The van der Waals surface area contributed by atoms with Gasteiger partial charge in [-0.25, -0.2) is 4.98 Å². The quantitative estimate of drug-likeness (QED) is 0.512. The molecular weight excluding hydrogens is 346 g/mol. The molecule has 2 N–H and O–H groups in total. The van der Waals surface area contributed by atoms with Gasteiger partial charge in [0.25, 0.3) is 5.69 Å². The van der Waals surface area contributed by atoms with Crippen molar-refractivity contribution in [3.8, 4) is 0 Å². The molecule has 128 valence electrons. The Morgan fingerprint density at radius 1 is 1.28 bits per heavy atom. The average Bonchev–Trinajstić information content (AvgIpc) is 2.95. The molecule has 0 bridgehead atoms. The summed E-state index contributed by atoms with van der Waals surface area (Å²) in [6.45, 7) is 0. The number of nitro groups is 1. The van der Waals surface area contributed by atoms with Crippen molar-refractivity contribution in [2.24, 2.45) is 0 Å². The smallest absolute Gasteiger partial charge is 0.303 e. The van der Waals surface area contributed by atoms with Gasteiger partial charge in [-0.3, -0.25) is 14.9 Å². The van der Waals surface area contributed by atoms with Crippen LogP contribution in [0.15, 0.2) is 42.5 Å². The fraction of sp³-hybridized carbons (Fsp3) is 0.176. The Morgan fingerprint density at radius 3 is 2.64 bits per heavy atom. The number of hydrogen-bond acceptors (Lipinski definition) is 4. The largest absolute Gasteiger partial charge is 0.481 e. The number of aromatic amines is 1. The molecule has 0 radical (unpaired) electrons. The SMILES string of the molecule is O=C(O)CC(Cc1nc2ccc([N+](=O)[O-])cc2[nH]1)c1ccc(Cl)cc1. The third-order valence-electron chi connectivity index (χ3n) is 3.93. The molecule has 25 heavy (non-hydrogen) atoms. The summed E-state index contributed by atoms with van der Waals surface area (Å²) < 4.78 is 0. The number of hydrogen-bond donors (Lipinski definition) is 2. The molecule has 0 fully saturated rings. The lowest BCUT2D eigenvalue weighted by Crippen LogP contribution is -2.10. The molecule has 0 aliphatic rings. The Morgan fingerprint density at radius 2 is 2.00 bits per heavy atom. The van der Waals surface area contributed by atoms with Gasteiger partial charge in [0.15, 0.2) is 0 Å². The van der Waals surface area contributed by atoms with Gasteiger partial charge >= 0.3 is 5.97 Å². The van der Waals surface area contributed by atoms with E-state index in [0.717, 1.165) is 5.56 Å². The van der Waals surface area contributed by atoms with Crippen LogP contribution in [0.25, 0.3) is 11.0 Å². The third-order valence-corrected chi connectivity index (χ3v) is 4.18. The van der Waals surface area contributed by atoms with Crippen LogP contribution in [0.1, 0.15) is 23.7 Å². The van der Waals surface area contributed by atoms with Crippen LogP contribution in [-0.4, -0.2) is 26.0 Å². The number of halogens is 1. The number of carbonyl (C=O) groups is 1. The van der Waals surface area contributed by atoms with E-state index < -0.39 is 10.9 Å². The van der Waals surface area contributed by atoms with Crippen LogP contribution in [-0.2, 0) is 11.2 Å². The van der Waals surface area contributed by atoms with Crippen molar-refractivity contribution in [2.75, 3.05) is 0 Å². The molecule has 0 spiro atoms. The Kier molecular flexibility index (Phi) is 4.67. The second-order valence-corrected chi connectivity index (χ2v) is 6.13. The highest BCUT2D eigenvalue weighted by Crippen LogP contribution is 2.27. The van der Waals surface area contributed by atoms with Crippen molar-refractivity contribution >= 4 is 34.3 Å². The van der Waals surface area contributed by atoms with Crippen LogP contribution in [0, 0.1) is 10.1 Å². The molecule has 0 saturated carbocycles. The number of rotatable bonds is 6. The Bertz CT molecular complexity index is 937. The second-order valence-electron chi connectivity index (χ2n) is 5.69. The van der Waals surface area contributed by atoms with Crippen LogP contribution >= 0.6 is 11.6 Å². The number of carboxylic acids is 1. The Hall–Kier alpha value is -2.93. The number of non-ortho nitro benzene ring substituents is 1. The number of imidazole rings is 1. The van der Waals surface area contributed by atoms with Gasteiger partial charge in [0.05, 0.1) is 22.4 Å². The van der Waals surface area contributed by atoms with E-state index in [1.807, 2.05) is 0 Å². The molecule has 8 heteroatoms. The summed E-state index contributed by atoms with van der Waals surface area (Å²) in [6, 6.07) is 11.4. The number of nitro benzene ring substituents is 1. The number of benzene rings is 2. The predicted octanol–water partition coefficient (Wildman–Crippen LogP) is 3.93. The molecule has 1 aromatic heterocycles. The monoisotopic (exact) mass is 359 g/mol. The van der Waals surface area contributed by atoms with Crippen molar-refractivity contribution in [1.29, 1.82) is 0 Å². The summed E-state index contributed by atoms with van der Waals surface area (Å²) in [6.07, 6.45) is 0.315. The van der Waals surface area contributed by atoms with Crippen LogP contribution in [0.5, 0.6) is 0 Å². The second kappa shape index (κ2) is 6.90. The number of carboxylic acid groups (broad SMARTS) is 1. The number of nitrogens with zero attached hydrogens (tertiary/aromatic N) is 2. The molecule has 1 heterocycles. The highest BCUT2D eigenvalue weighted by molar-refractivity contribution is 6.30. The lowest BCUT2D eigenvalue weighted by molar-refractivity contribution is -0.384. The van der Waals surface area contributed by atoms with Gasteiger partial charge in [-0.15, -0.1) is 0 Å². The first kappa shape index (κ1) is 16.9. The molecule has 0 saturated heterocycles. The van der Waals surface area contributed by atoms with Gasteiger partial charge in [0, 0.05) is 29.5 Å². The summed E-state index contributed by atoms with van der Waals surface area (Å²) in [7, 11) is 0. The lowest BCUT2D eigenvalue weighted by atomic mass is 9.92. The van der Waals surface area contributed by atoms with Gasteiger partial charge in [-0.1, -0.05) is 23.7 Å². The summed E-state index contributed by atoms with van der Waals surface area (Å²) in [5.41, 5.74) is 1.97. The molecule has 2 aromatic carbocycles. The van der Waals surface area contributed by atoms with Gasteiger partial charge in [-0.05, 0) is 23.8 Å². The van der Waals surface area contributed by atoms with Crippen molar-refractivity contribution in [3.05, 3.63) is 69.0 Å². The summed E-state index contributed by atoms with van der Waals surface area (Å²) >= 11 is 5.89. The van der Waals surface area contributed by atoms with Crippen molar-refractivity contribution in [2.45, 2.75) is 18.8 Å². The van der Waals surface area contributed by atoms with Crippen LogP contribution in [0.3, 0.4) is 0 Å². The van der Waals surface area contributed by atoms with Gasteiger partial charge in [-0.2, -0.15) is 0 Å². The van der Waals surface area contributed by atoms with Crippen molar-refractivity contribution in [1.82, 2.24) is 9.97 Å². The first-order valence-corrected chi connectivity index (χ1v) is 7.90. The number of fused-ring (bicyclic) bond motifs is 1. The van der Waals surface area contributed by atoms with E-state index in [4.69, 9.17) is 11.6 Å². The molecule has 0 amide bonds. The molecule has 3 aromatic rings. The molecule has 0 aliphatic heterocycles. The Balaban J connectivity index is 1.90. The number of H-pyrrole nitrogens is 1. The fourth-order valence-corrected chi connectivity index (χ4v) is 2.87. The van der Waals surface area contributed by atoms with Crippen LogP contribution < -0.4 is 0 Å². The zero-order chi connectivity index (χ0) is 18.0. The fourth-order valence-electron chi connectivity index (χ4n) is 2.75. The molecule has 7 nitrogen and oxygen atoms in total. The van der Waals surface area contributed by atoms with E-state index in [-0.39, 0.29) is 18.0 Å². The highest BCUT2D eigenvalue weighted by atomic mass is 35.5. The highest BCUT2D eigenvalue weighted by Gasteiger charge is 2.19. The van der Waals surface area contributed by atoms with E-state index in [1.54, 1.807) is 30.3 Å². The minimum Gasteiger partial charge on any atom is -0.481 e. The number of nitrogens with one attached hydrogen (secondary N) is 1. The zero-order valence-corrected chi connectivity index (χ0v) is 13.7. The Labute approximate surface area is 147 Å². The minimum absolute atomic E-state index is 0.0255. The zero-order valence-electron chi connectivity index (χ0n) is 13.0. The topological polar surface area (TPSA) is 109 Å². The molecular formula is C17H14ClN3O4. The van der Waals surface area contributed by atoms with Crippen LogP contribution in [0.4, 0.5) is 5.69 Å². The van der Waals surface area contributed by atoms with E-state index in [1.165, 1.54) is 12.1 Å². The maximum atomic E-state index is 11.2. The van der Waals surface area contributed by atoms with Crippen LogP contribution in [0.2, 0.25) is 5.02 Å². The first-order chi connectivity index (χ1) is 11.9. The lowest BCUT2D eigenvalue weighted by Gasteiger charge is -2.14. The maximum Gasteiger partial charge on any atom is 0.303 e. The summed E-state index contributed by atoms with van der Waals surface area (Å²) in [5, 5.41) is 20.6. The molecule has 3 rings (SSSR count). The normalized spacial score (nSPS) is 12.2. The van der Waals surface area contributed by atoms with Crippen molar-refractivity contribution in [3.63, 3.8) is 0 Å². The summed E-state index contributed by atoms with van der Waals surface area (Å²) in [4.78, 5) is 29.0. The average molecular weight is 360 g/mol. The van der Waals surface area contributed by atoms with Crippen molar-refractivity contribution < 1.29 is 14.8 Å². The number of aliphatic carboxylic acids is 1. The van der Waals surface area contributed by atoms with E-state index in [0.29, 0.717) is 28.3 Å². The standard InChI is InChI=1S/C17H14ClN3O4/c18-12-3-1-10(2-4-12)11(8-17(22)23)7-16-19-14-6-5-13(21(24)25)9-15(14)20-16/h1-6,9,11H,7-8H2,(H,19,20)(H,22,23). The van der Waals surface area contributed by atoms with Gasteiger partial charge < -0.3 is 10.1 Å². The third kappa shape index (κ3) is 3.95. The van der Waals surface area contributed by atoms with Gasteiger partial charge in [0.2, 0.25) is 0 Å². The van der Waals surface area contributed by atoms with E-state index in [9.17, 15) is 20.0 Å². The molecule has 0 aliphatic carbocycles. The summed E-state index contributed by atoms with van der Waals surface area (Å²) in [5.74, 6) is -0.617. The maximum absolute atomic E-state index is 11.2. The number of aromatic nitrogens is 2. The predicted molar refractivity (Wildman–Crippen MR) is 92.9 cm³/mol. The van der Waals surface area contributed by atoms with Gasteiger partial charge in [0.1, 0.15) is 5.82 Å². The molecule has 1 unspecified atom stereocenters. The first-order valence-electron chi connectivity index (χ1n) is 7.52.